The van der Waals surface area contributed by atoms with Crippen molar-refractivity contribution in [2.45, 2.75) is 43.3 Å². The minimum atomic E-state index is -0.968. The maximum atomic E-state index is 11.0. The zero-order chi connectivity index (χ0) is 14.6. The number of carboxylic acid groups (broad SMARTS) is 1. The molecule has 0 saturated heterocycles. The predicted molar refractivity (Wildman–Crippen MR) is 76.3 cm³/mol. The van der Waals surface area contributed by atoms with Gasteiger partial charge in [-0.05, 0) is 25.0 Å². The maximum absolute atomic E-state index is 11.0. The lowest BCUT2D eigenvalue weighted by Crippen LogP contribution is -2.55. The van der Waals surface area contributed by atoms with Crippen LogP contribution in [0, 0.1) is 5.92 Å². The summed E-state index contributed by atoms with van der Waals surface area (Å²) in [5.41, 5.74) is -1.90. The standard InChI is InChI=1S/C16H22O4/c1-2-12-20-16(15(19)8-4-3-5-9-15)10-6-13(7-11-16)14(17)18/h2,6-7,10-11,13,19H,1,3-5,8-9,12H2,(H,17,18). The van der Waals surface area contributed by atoms with Gasteiger partial charge >= 0.3 is 5.97 Å². The number of aliphatic hydroxyl groups is 1. The number of aliphatic carboxylic acids is 1. The Morgan fingerprint density at radius 2 is 1.90 bits per heavy atom. The third kappa shape index (κ3) is 2.72. The summed E-state index contributed by atoms with van der Waals surface area (Å²) >= 11 is 0. The van der Waals surface area contributed by atoms with Gasteiger partial charge in [-0.15, -0.1) is 6.58 Å². The summed E-state index contributed by atoms with van der Waals surface area (Å²) < 4.78 is 5.86. The van der Waals surface area contributed by atoms with Crippen molar-refractivity contribution in [2.75, 3.05) is 6.61 Å². The van der Waals surface area contributed by atoms with Gasteiger partial charge in [-0.2, -0.15) is 0 Å². The lowest BCUT2D eigenvalue weighted by atomic mass is 9.70. The van der Waals surface area contributed by atoms with Crippen LogP contribution in [0.25, 0.3) is 0 Å². The molecule has 0 radical (unpaired) electrons. The van der Waals surface area contributed by atoms with E-state index in [2.05, 4.69) is 6.58 Å². The van der Waals surface area contributed by atoms with Crippen molar-refractivity contribution in [1.29, 1.82) is 0 Å². The molecule has 0 aromatic rings. The molecule has 0 atom stereocenters. The fraction of sp³-hybridized carbons (Fsp3) is 0.562. The zero-order valence-electron chi connectivity index (χ0n) is 11.6. The molecule has 1 saturated carbocycles. The van der Waals surface area contributed by atoms with Crippen LogP contribution in [-0.2, 0) is 9.53 Å². The van der Waals surface area contributed by atoms with E-state index in [1.54, 1.807) is 30.4 Å². The Hall–Kier alpha value is -1.39. The SMILES string of the molecule is C=CCOC1(C2(O)CCCCC2)C=CC(C(=O)O)C=C1. The van der Waals surface area contributed by atoms with Gasteiger partial charge in [0.05, 0.1) is 12.5 Å². The van der Waals surface area contributed by atoms with Crippen molar-refractivity contribution in [3.05, 3.63) is 37.0 Å². The summed E-state index contributed by atoms with van der Waals surface area (Å²) in [7, 11) is 0. The number of hydrogen-bond donors (Lipinski definition) is 2. The van der Waals surface area contributed by atoms with Gasteiger partial charge in [0.25, 0.3) is 0 Å². The van der Waals surface area contributed by atoms with Crippen LogP contribution in [0.5, 0.6) is 0 Å². The van der Waals surface area contributed by atoms with Gasteiger partial charge in [0, 0.05) is 0 Å². The topological polar surface area (TPSA) is 66.8 Å². The highest BCUT2D eigenvalue weighted by Gasteiger charge is 2.49. The monoisotopic (exact) mass is 278 g/mol. The zero-order valence-corrected chi connectivity index (χ0v) is 11.6. The van der Waals surface area contributed by atoms with E-state index >= 15 is 0 Å². The van der Waals surface area contributed by atoms with Crippen LogP contribution in [0.3, 0.4) is 0 Å². The summed E-state index contributed by atoms with van der Waals surface area (Å²) in [4.78, 5) is 11.0. The van der Waals surface area contributed by atoms with E-state index in [1.807, 2.05) is 0 Å². The van der Waals surface area contributed by atoms with Crippen molar-refractivity contribution < 1.29 is 19.7 Å². The average Bonchev–Trinajstić information content (AvgIpc) is 2.46. The van der Waals surface area contributed by atoms with Gasteiger partial charge in [0.2, 0.25) is 0 Å². The molecule has 4 nitrogen and oxygen atoms in total. The summed E-state index contributed by atoms with van der Waals surface area (Å²) in [6, 6.07) is 0. The number of hydrogen-bond acceptors (Lipinski definition) is 3. The van der Waals surface area contributed by atoms with Crippen LogP contribution in [0.4, 0.5) is 0 Å². The molecule has 0 aromatic carbocycles. The predicted octanol–water partition coefficient (Wildman–Crippen LogP) is 2.45. The summed E-state index contributed by atoms with van der Waals surface area (Å²) in [5.74, 6) is -1.55. The minimum Gasteiger partial charge on any atom is -0.481 e. The average molecular weight is 278 g/mol. The van der Waals surface area contributed by atoms with Crippen LogP contribution in [-0.4, -0.2) is 34.0 Å². The Bertz CT molecular complexity index is 416. The second kappa shape index (κ2) is 5.94. The molecule has 0 spiro atoms. The molecule has 0 bridgehead atoms. The van der Waals surface area contributed by atoms with E-state index in [0.717, 1.165) is 19.3 Å². The number of rotatable bonds is 5. The van der Waals surface area contributed by atoms with E-state index in [1.165, 1.54) is 0 Å². The van der Waals surface area contributed by atoms with E-state index < -0.39 is 23.1 Å². The number of carboxylic acids is 1. The van der Waals surface area contributed by atoms with E-state index in [-0.39, 0.29) is 0 Å². The van der Waals surface area contributed by atoms with Crippen LogP contribution in [0.15, 0.2) is 37.0 Å². The lowest BCUT2D eigenvalue weighted by Gasteiger charge is -2.46. The van der Waals surface area contributed by atoms with Crippen LogP contribution < -0.4 is 0 Å². The molecule has 1 fully saturated rings. The molecule has 2 aliphatic carbocycles. The fourth-order valence-corrected chi connectivity index (χ4v) is 3.04. The van der Waals surface area contributed by atoms with Crippen LogP contribution >= 0.6 is 0 Å². The fourth-order valence-electron chi connectivity index (χ4n) is 3.04. The molecule has 2 aliphatic rings. The molecule has 2 rings (SSSR count). The highest BCUT2D eigenvalue weighted by atomic mass is 16.5. The van der Waals surface area contributed by atoms with Crippen molar-refractivity contribution in [3.63, 3.8) is 0 Å². The molecule has 2 N–H and O–H groups in total. The lowest BCUT2D eigenvalue weighted by molar-refractivity contribution is -0.145. The van der Waals surface area contributed by atoms with Crippen LogP contribution in [0.1, 0.15) is 32.1 Å². The second-order valence-electron chi connectivity index (χ2n) is 5.57. The molecule has 0 heterocycles. The highest BCUT2D eigenvalue weighted by molar-refractivity contribution is 5.75. The molecule has 0 unspecified atom stereocenters. The molecular formula is C16H22O4. The van der Waals surface area contributed by atoms with Crippen molar-refractivity contribution >= 4 is 5.97 Å². The first-order valence-electron chi connectivity index (χ1n) is 7.12. The Kier molecular flexibility index (Phi) is 4.45. The molecule has 0 amide bonds. The van der Waals surface area contributed by atoms with Gasteiger partial charge < -0.3 is 14.9 Å². The Labute approximate surface area is 119 Å². The number of ether oxygens (including phenoxy) is 1. The molecular weight excluding hydrogens is 256 g/mol. The molecule has 20 heavy (non-hydrogen) atoms. The third-order valence-corrected chi connectivity index (χ3v) is 4.24. The first-order valence-corrected chi connectivity index (χ1v) is 7.12. The van der Waals surface area contributed by atoms with Crippen molar-refractivity contribution in [2.24, 2.45) is 5.92 Å². The Morgan fingerprint density at radius 1 is 1.30 bits per heavy atom. The summed E-state index contributed by atoms with van der Waals surface area (Å²) in [6.45, 7) is 3.95. The molecule has 0 aliphatic heterocycles. The van der Waals surface area contributed by atoms with Gasteiger partial charge in [-0.25, -0.2) is 0 Å². The third-order valence-electron chi connectivity index (χ3n) is 4.24. The quantitative estimate of drug-likeness (QED) is 0.758. The highest BCUT2D eigenvalue weighted by Crippen LogP contribution is 2.42. The van der Waals surface area contributed by atoms with E-state index in [4.69, 9.17) is 9.84 Å². The maximum Gasteiger partial charge on any atom is 0.314 e. The molecule has 0 aromatic heterocycles. The largest absolute Gasteiger partial charge is 0.481 e. The normalized spacial score (nSPS) is 31.9. The summed E-state index contributed by atoms with van der Waals surface area (Å²) in [5, 5.41) is 20.0. The van der Waals surface area contributed by atoms with Gasteiger partial charge in [-0.1, -0.05) is 37.5 Å². The number of carbonyl (C=O) groups is 1. The van der Waals surface area contributed by atoms with Crippen molar-refractivity contribution in [1.82, 2.24) is 0 Å². The Morgan fingerprint density at radius 3 is 2.40 bits per heavy atom. The Balaban J connectivity index is 2.28. The van der Waals surface area contributed by atoms with Crippen molar-refractivity contribution in [3.8, 4) is 0 Å². The summed E-state index contributed by atoms with van der Waals surface area (Å²) in [6.07, 6.45) is 12.6. The van der Waals surface area contributed by atoms with Crippen LogP contribution in [0.2, 0.25) is 0 Å². The van der Waals surface area contributed by atoms with Gasteiger partial charge in [-0.3, -0.25) is 4.79 Å². The minimum absolute atomic E-state index is 0.314. The second-order valence-corrected chi connectivity index (χ2v) is 5.57. The first kappa shape index (κ1) is 15.0. The van der Waals surface area contributed by atoms with E-state index in [0.29, 0.717) is 19.4 Å². The first-order chi connectivity index (χ1) is 9.53. The smallest absolute Gasteiger partial charge is 0.314 e. The molecule has 110 valence electrons. The molecule has 4 heteroatoms. The van der Waals surface area contributed by atoms with E-state index in [9.17, 15) is 9.90 Å². The van der Waals surface area contributed by atoms with Gasteiger partial charge in [0.1, 0.15) is 11.2 Å². The van der Waals surface area contributed by atoms with Gasteiger partial charge in [0.15, 0.2) is 0 Å².